The van der Waals surface area contributed by atoms with Crippen LogP contribution in [-0.2, 0) is 9.53 Å². The number of esters is 1. The summed E-state index contributed by atoms with van der Waals surface area (Å²) in [7, 11) is 4.06. The summed E-state index contributed by atoms with van der Waals surface area (Å²) in [5, 5.41) is 0. The molecule has 0 heterocycles. The normalized spacial score (nSPS) is 11.8. The molecule has 0 aromatic heterocycles. The van der Waals surface area contributed by atoms with Crippen LogP contribution in [0.3, 0.4) is 0 Å². The van der Waals surface area contributed by atoms with Crippen LogP contribution in [0.2, 0.25) is 0 Å². The topological polar surface area (TPSA) is 29.5 Å². The number of unbranched alkanes of at least 4 members (excludes halogenated alkanes) is 12. The third kappa shape index (κ3) is 25.2. The van der Waals surface area contributed by atoms with E-state index in [-0.39, 0.29) is 5.97 Å². The lowest BCUT2D eigenvalue weighted by Crippen LogP contribution is -2.15. The van der Waals surface area contributed by atoms with Gasteiger partial charge in [-0.25, -0.2) is 0 Å². The summed E-state index contributed by atoms with van der Waals surface area (Å²) in [5.41, 5.74) is 0. The molecule has 0 aromatic carbocycles. The molecule has 0 fully saturated rings. The average molecular weight is 424 g/mol. The lowest BCUT2D eigenvalue weighted by atomic mass is 10.0. The molecule has 0 atom stereocenters. The third-order valence-corrected chi connectivity index (χ3v) is 5.58. The molecular weight excluding hydrogens is 370 g/mol. The van der Waals surface area contributed by atoms with Gasteiger partial charge >= 0.3 is 5.97 Å². The van der Waals surface area contributed by atoms with Crippen molar-refractivity contribution in [3.63, 3.8) is 0 Å². The minimum Gasteiger partial charge on any atom is -0.466 e. The van der Waals surface area contributed by atoms with Crippen molar-refractivity contribution >= 4 is 5.97 Å². The van der Waals surface area contributed by atoms with Gasteiger partial charge in [0.25, 0.3) is 0 Å². The zero-order chi connectivity index (χ0) is 22.3. The molecule has 0 rings (SSSR count). The molecule has 0 spiro atoms. The first kappa shape index (κ1) is 29.2. The predicted molar refractivity (Wildman–Crippen MR) is 132 cm³/mol. The molecule has 30 heavy (non-hydrogen) atoms. The first-order valence-corrected chi connectivity index (χ1v) is 13.0. The van der Waals surface area contributed by atoms with Crippen LogP contribution < -0.4 is 0 Å². The lowest BCUT2D eigenvalue weighted by Gasteiger charge is -2.09. The standard InChI is InChI=1S/C27H53NO2/c1-26(2)22-19-17-15-13-11-9-7-5-6-8-10-12-14-16-18-20-25-30-27(29)23-21-24-28(3)4/h5,7,26H,6,8-25H2,1-4H3/b7-5-. The second-order valence-corrected chi connectivity index (χ2v) is 9.60. The van der Waals surface area contributed by atoms with Crippen LogP contribution in [0.25, 0.3) is 0 Å². The Morgan fingerprint density at radius 2 is 1.23 bits per heavy atom. The van der Waals surface area contributed by atoms with Gasteiger partial charge in [-0.15, -0.1) is 0 Å². The summed E-state index contributed by atoms with van der Waals surface area (Å²) in [6.45, 7) is 6.19. The van der Waals surface area contributed by atoms with Crippen molar-refractivity contribution in [1.82, 2.24) is 4.90 Å². The quantitative estimate of drug-likeness (QED) is 0.101. The lowest BCUT2D eigenvalue weighted by molar-refractivity contribution is -0.143. The van der Waals surface area contributed by atoms with E-state index < -0.39 is 0 Å². The number of hydrogen-bond acceptors (Lipinski definition) is 3. The molecular formula is C27H53NO2. The Balaban J connectivity index is 3.18. The van der Waals surface area contributed by atoms with Gasteiger partial charge in [0.05, 0.1) is 6.61 Å². The predicted octanol–water partition coefficient (Wildman–Crippen LogP) is 7.94. The number of allylic oxidation sites excluding steroid dienone is 2. The molecule has 0 bridgehead atoms. The van der Waals surface area contributed by atoms with Gasteiger partial charge in [-0.1, -0.05) is 90.2 Å². The molecule has 0 aromatic rings. The van der Waals surface area contributed by atoms with E-state index in [1.54, 1.807) is 0 Å². The van der Waals surface area contributed by atoms with Crippen molar-refractivity contribution in [1.29, 1.82) is 0 Å². The molecule has 0 saturated heterocycles. The Morgan fingerprint density at radius 1 is 0.733 bits per heavy atom. The molecule has 0 saturated carbocycles. The van der Waals surface area contributed by atoms with Crippen LogP contribution in [0.15, 0.2) is 12.2 Å². The van der Waals surface area contributed by atoms with Crippen LogP contribution in [0.1, 0.15) is 123 Å². The fourth-order valence-corrected chi connectivity index (χ4v) is 3.63. The summed E-state index contributed by atoms with van der Waals surface area (Å²) >= 11 is 0. The number of hydrogen-bond donors (Lipinski definition) is 0. The zero-order valence-corrected chi connectivity index (χ0v) is 20.9. The average Bonchev–Trinajstić information content (AvgIpc) is 2.69. The number of carbonyl (C=O) groups is 1. The summed E-state index contributed by atoms with van der Waals surface area (Å²) < 4.78 is 5.29. The van der Waals surface area contributed by atoms with Crippen LogP contribution in [0, 0.1) is 5.92 Å². The van der Waals surface area contributed by atoms with E-state index in [0.717, 1.165) is 25.3 Å². The minimum atomic E-state index is -0.0356. The SMILES string of the molecule is CC(C)CCCCCCC/C=C\CCCCCCCCCOC(=O)CCCN(C)C. The molecule has 0 unspecified atom stereocenters. The van der Waals surface area contributed by atoms with Crippen LogP contribution >= 0.6 is 0 Å². The van der Waals surface area contributed by atoms with Gasteiger partial charge in [-0.05, 0) is 65.1 Å². The number of nitrogens with zero attached hydrogens (tertiary/aromatic N) is 1. The van der Waals surface area contributed by atoms with E-state index >= 15 is 0 Å². The molecule has 3 nitrogen and oxygen atoms in total. The maximum absolute atomic E-state index is 11.6. The first-order chi connectivity index (χ1) is 14.5. The Hall–Kier alpha value is -0.830. The van der Waals surface area contributed by atoms with Crippen molar-refractivity contribution in [2.45, 2.75) is 123 Å². The molecule has 178 valence electrons. The van der Waals surface area contributed by atoms with Crippen molar-refractivity contribution in [2.75, 3.05) is 27.2 Å². The smallest absolute Gasteiger partial charge is 0.305 e. The van der Waals surface area contributed by atoms with Gasteiger partial charge in [0.2, 0.25) is 0 Å². The zero-order valence-electron chi connectivity index (χ0n) is 20.9. The maximum atomic E-state index is 11.6. The van der Waals surface area contributed by atoms with Gasteiger partial charge in [-0.2, -0.15) is 0 Å². The summed E-state index contributed by atoms with van der Waals surface area (Å²) in [6.07, 6.45) is 26.0. The van der Waals surface area contributed by atoms with E-state index in [1.807, 2.05) is 14.1 Å². The van der Waals surface area contributed by atoms with Crippen LogP contribution in [0.5, 0.6) is 0 Å². The van der Waals surface area contributed by atoms with Crippen LogP contribution in [0.4, 0.5) is 0 Å². The van der Waals surface area contributed by atoms with Crippen LogP contribution in [-0.4, -0.2) is 38.1 Å². The Bertz CT molecular complexity index is 390. The molecule has 0 aliphatic heterocycles. The number of carbonyl (C=O) groups excluding carboxylic acids is 1. The van der Waals surface area contributed by atoms with Crippen molar-refractivity contribution < 1.29 is 9.53 Å². The van der Waals surface area contributed by atoms with Crippen molar-refractivity contribution in [2.24, 2.45) is 5.92 Å². The van der Waals surface area contributed by atoms with Gasteiger partial charge in [-0.3, -0.25) is 4.79 Å². The van der Waals surface area contributed by atoms with E-state index in [9.17, 15) is 4.79 Å². The van der Waals surface area contributed by atoms with E-state index in [4.69, 9.17) is 4.74 Å². The molecule has 0 radical (unpaired) electrons. The van der Waals surface area contributed by atoms with Gasteiger partial charge in [0.1, 0.15) is 0 Å². The summed E-state index contributed by atoms with van der Waals surface area (Å²) in [6, 6.07) is 0. The van der Waals surface area contributed by atoms with E-state index in [2.05, 4.69) is 30.9 Å². The number of rotatable bonds is 22. The third-order valence-electron chi connectivity index (χ3n) is 5.58. The monoisotopic (exact) mass is 423 g/mol. The molecule has 0 N–H and O–H groups in total. The first-order valence-electron chi connectivity index (χ1n) is 13.0. The molecule has 3 heteroatoms. The Labute approximate surface area is 189 Å². The fraction of sp³-hybridized carbons (Fsp3) is 0.889. The van der Waals surface area contributed by atoms with Gasteiger partial charge < -0.3 is 9.64 Å². The summed E-state index contributed by atoms with van der Waals surface area (Å²) in [4.78, 5) is 13.7. The summed E-state index contributed by atoms with van der Waals surface area (Å²) in [5.74, 6) is 0.832. The maximum Gasteiger partial charge on any atom is 0.305 e. The highest BCUT2D eigenvalue weighted by molar-refractivity contribution is 5.69. The second-order valence-electron chi connectivity index (χ2n) is 9.60. The highest BCUT2D eigenvalue weighted by atomic mass is 16.5. The molecule has 0 aliphatic rings. The van der Waals surface area contributed by atoms with Crippen molar-refractivity contribution in [3.05, 3.63) is 12.2 Å². The fourth-order valence-electron chi connectivity index (χ4n) is 3.63. The van der Waals surface area contributed by atoms with Crippen molar-refractivity contribution in [3.8, 4) is 0 Å². The second kappa shape index (κ2) is 22.8. The van der Waals surface area contributed by atoms with Gasteiger partial charge in [0.15, 0.2) is 0 Å². The number of ether oxygens (including phenoxy) is 1. The Morgan fingerprint density at radius 3 is 1.77 bits per heavy atom. The van der Waals surface area contributed by atoms with E-state index in [0.29, 0.717) is 13.0 Å². The van der Waals surface area contributed by atoms with E-state index in [1.165, 1.54) is 89.9 Å². The highest BCUT2D eigenvalue weighted by Gasteiger charge is 2.02. The van der Waals surface area contributed by atoms with Gasteiger partial charge in [0, 0.05) is 6.42 Å². The minimum absolute atomic E-state index is 0.0356. The Kier molecular flexibility index (Phi) is 22.2. The molecule has 0 amide bonds. The molecule has 0 aliphatic carbocycles. The highest BCUT2D eigenvalue weighted by Crippen LogP contribution is 2.12. The largest absolute Gasteiger partial charge is 0.466 e.